The average molecular weight is 445 g/mol. The molecule has 1 saturated heterocycles. The second-order valence-corrected chi connectivity index (χ2v) is 9.93. The fourth-order valence-corrected chi connectivity index (χ4v) is 5.36. The molecule has 0 saturated carbocycles. The fourth-order valence-electron chi connectivity index (χ4n) is 3.81. The van der Waals surface area contributed by atoms with Crippen molar-refractivity contribution in [3.63, 3.8) is 0 Å². The number of hydrogen-bond acceptors (Lipinski definition) is 4. The maximum atomic E-state index is 13.1. The van der Waals surface area contributed by atoms with Gasteiger partial charge in [-0.3, -0.25) is 4.79 Å². The summed E-state index contributed by atoms with van der Waals surface area (Å²) in [6.07, 6.45) is 3.85. The number of hydrogen-bond donors (Lipinski definition) is 1. The molecule has 0 radical (unpaired) electrons. The predicted molar refractivity (Wildman–Crippen MR) is 122 cm³/mol. The zero-order chi connectivity index (χ0) is 22.4. The van der Waals surface area contributed by atoms with Crippen LogP contribution in [0.15, 0.2) is 47.4 Å². The fraction of sp³-hybridized carbons (Fsp3) is 0.458. The lowest BCUT2D eigenvalue weighted by molar-refractivity contribution is 0.0939. The Labute approximate surface area is 185 Å². The number of nitrogens with one attached hydrogen (secondary N) is 1. The molecular weight excluding hydrogens is 412 g/mol. The molecule has 1 aliphatic rings. The smallest absolute Gasteiger partial charge is 0.252 e. The molecule has 2 aromatic carbocycles. The third kappa shape index (κ3) is 5.66. The molecule has 0 unspecified atom stereocenters. The molecule has 1 N–H and O–H groups in total. The first-order valence-corrected chi connectivity index (χ1v) is 12.4. The van der Waals surface area contributed by atoms with E-state index >= 15 is 0 Å². The van der Waals surface area contributed by atoms with Crippen molar-refractivity contribution in [3.8, 4) is 5.75 Å². The monoisotopic (exact) mass is 444 g/mol. The molecule has 1 atom stereocenters. The Balaban J connectivity index is 1.78. The van der Waals surface area contributed by atoms with Crippen molar-refractivity contribution in [2.24, 2.45) is 0 Å². The highest BCUT2D eigenvalue weighted by molar-refractivity contribution is 7.89. The molecule has 2 aromatic rings. The van der Waals surface area contributed by atoms with Crippen molar-refractivity contribution in [2.45, 2.75) is 57.4 Å². The van der Waals surface area contributed by atoms with E-state index in [1.54, 1.807) is 16.4 Å². The Bertz CT molecular complexity index is 995. The molecule has 6 nitrogen and oxygen atoms in total. The first-order valence-electron chi connectivity index (χ1n) is 11.0. The molecule has 0 aromatic heterocycles. The van der Waals surface area contributed by atoms with E-state index in [2.05, 4.69) is 5.32 Å². The highest BCUT2D eigenvalue weighted by Gasteiger charge is 2.26. The van der Waals surface area contributed by atoms with Crippen molar-refractivity contribution in [3.05, 3.63) is 59.2 Å². The molecule has 0 bridgehead atoms. The number of amides is 1. The Kier molecular flexibility index (Phi) is 7.73. The minimum atomic E-state index is -3.61. The number of rotatable bonds is 7. The Morgan fingerprint density at radius 2 is 1.71 bits per heavy atom. The summed E-state index contributed by atoms with van der Waals surface area (Å²) in [5.41, 5.74) is 2.07. The summed E-state index contributed by atoms with van der Waals surface area (Å²) in [7, 11) is -3.61. The summed E-state index contributed by atoms with van der Waals surface area (Å²) >= 11 is 0. The van der Waals surface area contributed by atoms with Gasteiger partial charge in [-0.05, 0) is 69.0 Å². The lowest BCUT2D eigenvalue weighted by Gasteiger charge is -2.21. The summed E-state index contributed by atoms with van der Waals surface area (Å²) < 4.78 is 33.3. The van der Waals surface area contributed by atoms with Crippen molar-refractivity contribution in [2.75, 3.05) is 19.7 Å². The molecular formula is C24H32N2O4S. The number of benzene rings is 2. The number of carbonyl (C=O) groups is 1. The van der Waals surface area contributed by atoms with E-state index in [0.29, 0.717) is 25.3 Å². The van der Waals surface area contributed by atoms with Crippen LogP contribution in [0.25, 0.3) is 0 Å². The molecule has 168 valence electrons. The van der Waals surface area contributed by atoms with Gasteiger partial charge >= 0.3 is 0 Å². The quantitative estimate of drug-likeness (QED) is 0.685. The third-order valence-electron chi connectivity index (χ3n) is 5.70. The standard InChI is InChI=1S/C24H32N2O4S/c1-4-30-21-12-10-20(11-13-21)19(3)25-24(27)23-17-22(14-9-18(23)2)31(28,29)26-15-7-5-6-8-16-26/h9-14,17,19H,4-8,15-16H2,1-3H3,(H,25,27)/t19-/m0/s1. The van der Waals surface area contributed by atoms with Crippen LogP contribution >= 0.6 is 0 Å². The minimum Gasteiger partial charge on any atom is -0.494 e. The van der Waals surface area contributed by atoms with E-state index in [4.69, 9.17) is 4.74 Å². The number of aryl methyl sites for hydroxylation is 1. The molecule has 1 heterocycles. The lowest BCUT2D eigenvalue weighted by Crippen LogP contribution is -2.32. The van der Waals surface area contributed by atoms with Crippen LogP contribution in [-0.2, 0) is 10.0 Å². The van der Waals surface area contributed by atoms with Crippen LogP contribution < -0.4 is 10.1 Å². The van der Waals surface area contributed by atoms with Gasteiger partial charge in [0.25, 0.3) is 5.91 Å². The highest BCUT2D eigenvalue weighted by Crippen LogP contribution is 2.24. The van der Waals surface area contributed by atoms with Gasteiger partial charge in [-0.1, -0.05) is 31.0 Å². The van der Waals surface area contributed by atoms with Crippen molar-refractivity contribution in [1.82, 2.24) is 9.62 Å². The van der Waals surface area contributed by atoms with Crippen molar-refractivity contribution in [1.29, 1.82) is 0 Å². The van der Waals surface area contributed by atoms with Crippen molar-refractivity contribution >= 4 is 15.9 Å². The van der Waals surface area contributed by atoms with Crippen LogP contribution in [0, 0.1) is 6.92 Å². The molecule has 1 amide bonds. The summed E-state index contributed by atoms with van der Waals surface area (Å²) in [6, 6.07) is 12.2. The lowest BCUT2D eigenvalue weighted by atomic mass is 10.1. The third-order valence-corrected chi connectivity index (χ3v) is 7.59. The van der Waals surface area contributed by atoms with Crippen LogP contribution in [0.2, 0.25) is 0 Å². The first-order chi connectivity index (χ1) is 14.8. The number of sulfonamides is 1. The van der Waals surface area contributed by atoms with Gasteiger partial charge in [-0.2, -0.15) is 4.31 Å². The van der Waals surface area contributed by atoms with Gasteiger partial charge in [0.15, 0.2) is 0 Å². The van der Waals surface area contributed by atoms with Crippen LogP contribution in [0.3, 0.4) is 0 Å². The van der Waals surface area contributed by atoms with E-state index in [1.807, 2.05) is 45.0 Å². The number of nitrogens with zero attached hydrogens (tertiary/aromatic N) is 1. The Morgan fingerprint density at radius 3 is 2.32 bits per heavy atom. The summed E-state index contributed by atoms with van der Waals surface area (Å²) in [4.78, 5) is 13.2. The van der Waals surface area contributed by atoms with Gasteiger partial charge in [0, 0.05) is 18.7 Å². The zero-order valence-electron chi connectivity index (χ0n) is 18.6. The predicted octanol–water partition coefficient (Wildman–Crippen LogP) is 4.45. The van der Waals surface area contributed by atoms with Gasteiger partial charge in [0.05, 0.1) is 17.5 Å². The van der Waals surface area contributed by atoms with Crippen LogP contribution in [0.1, 0.15) is 67.1 Å². The van der Waals surface area contributed by atoms with Gasteiger partial charge in [-0.25, -0.2) is 8.42 Å². The maximum Gasteiger partial charge on any atom is 0.252 e. The van der Waals surface area contributed by atoms with Gasteiger partial charge < -0.3 is 10.1 Å². The molecule has 7 heteroatoms. The second-order valence-electron chi connectivity index (χ2n) is 7.99. The van der Waals surface area contributed by atoms with Crippen LogP contribution in [0.4, 0.5) is 0 Å². The minimum absolute atomic E-state index is 0.180. The summed E-state index contributed by atoms with van der Waals surface area (Å²) in [5, 5.41) is 2.98. The van der Waals surface area contributed by atoms with Gasteiger partial charge in [0.1, 0.15) is 5.75 Å². The van der Waals surface area contributed by atoms with Gasteiger partial charge in [0.2, 0.25) is 10.0 Å². The molecule has 1 aliphatic heterocycles. The molecule has 1 fully saturated rings. The molecule has 3 rings (SSSR count). The molecule has 0 spiro atoms. The molecule has 0 aliphatic carbocycles. The summed E-state index contributed by atoms with van der Waals surface area (Å²) in [6.45, 7) is 7.32. The molecule has 31 heavy (non-hydrogen) atoms. The van der Waals surface area contributed by atoms with E-state index in [0.717, 1.165) is 42.6 Å². The second kappa shape index (κ2) is 10.3. The van der Waals surface area contributed by atoms with E-state index in [1.165, 1.54) is 6.07 Å². The van der Waals surface area contributed by atoms with E-state index < -0.39 is 10.0 Å². The normalized spacial score (nSPS) is 16.4. The highest BCUT2D eigenvalue weighted by atomic mass is 32.2. The average Bonchev–Trinajstić information content (AvgIpc) is 3.05. The SMILES string of the molecule is CCOc1ccc([C@H](C)NC(=O)c2cc(S(=O)(=O)N3CCCCCC3)ccc2C)cc1. The van der Waals surface area contributed by atoms with Crippen LogP contribution in [-0.4, -0.2) is 38.3 Å². The van der Waals surface area contributed by atoms with Crippen LogP contribution in [0.5, 0.6) is 5.75 Å². The Hall–Kier alpha value is -2.38. The first kappa shape index (κ1) is 23.3. The van der Waals surface area contributed by atoms with Crippen molar-refractivity contribution < 1.29 is 17.9 Å². The zero-order valence-corrected chi connectivity index (χ0v) is 19.4. The topological polar surface area (TPSA) is 75.7 Å². The van der Waals surface area contributed by atoms with E-state index in [9.17, 15) is 13.2 Å². The Morgan fingerprint density at radius 1 is 1.06 bits per heavy atom. The van der Waals surface area contributed by atoms with Gasteiger partial charge in [-0.15, -0.1) is 0 Å². The number of ether oxygens (including phenoxy) is 1. The largest absolute Gasteiger partial charge is 0.494 e. The van der Waals surface area contributed by atoms with E-state index in [-0.39, 0.29) is 16.8 Å². The maximum absolute atomic E-state index is 13.1. The summed E-state index contributed by atoms with van der Waals surface area (Å²) in [5.74, 6) is 0.499. The number of carbonyl (C=O) groups excluding carboxylic acids is 1.